The van der Waals surface area contributed by atoms with E-state index in [2.05, 4.69) is 23.6 Å². The van der Waals surface area contributed by atoms with Crippen LogP contribution in [0.3, 0.4) is 0 Å². The average Bonchev–Trinajstić information content (AvgIpc) is 3.26. The first-order valence-electron chi connectivity index (χ1n) is 12.5. The molecule has 0 saturated heterocycles. The van der Waals surface area contributed by atoms with Gasteiger partial charge in [-0.2, -0.15) is 0 Å². The van der Waals surface area contributed by atoms with E-state index >= 15 is 0 Å². The van der Waals surface area contributed by atoms with Gasteiger partial charge in [-0.15, -0.1) is 0 Å². The molecule has 1 aromatic carbocycles. The molecule has 0 bridgehead atoms. The molecular formula is C28H43N3O4. The molecule has 2 aromatic rings. The van der Waals surface area contributed by atoms with Gasteiger partial charge in [0.15, 0.2) is 0 Å². The maximum absolute atomic E-state index is 13.6. The molecule has 0 spiro atoms. The first kappa shape index (κ1) is 28.4. The topological polar surface area (TPSA) is 64.0 Å². The molecule has 0 radical (unpaired) electrons. The molecule has 7 heteroatoms. The van der Waals surface area contributed by atoms with Crippen LogP contribution in [0.5, 0.6) is 5.75 Å². The predicted octanol–water partition coefficient (Wildman–Crippen LogP) is 4.73. The molecule has 1 heterocycles. The normalized spacial score (nSPS) is 11.4. The van der Waals surface area contributed by atoms with Crippen molar-refractivity contribution in [1.82, 2.24) is 14.4 Å². The third-order valence-electron chi connectivity index (χ3n) is 6.04. The summed E-state index contributed by atoms with van der Waals surface area (Å²) >= 11 is 0. The van der Waals surface area contributed by atoms with Gasteiger partial charge in [0, 0.05) is 50.7 Å². The minimum atomic E-state index is -0.396. The number of unbranched alkanes of at least 4 members (excludes halogenated alkanes) is 1. The first-order chi connectivity index (χ1) is 16.7. The summed E-state index contributed by atoms with van der Waals surface area (Å²) in [4.78, 5) is 30.0. The van der Waals surface area contributed by atoms with Crippen LogP contribution in [0, 0.1) is 0 Å². The second-order valence-electron chi connectivity index (χ2n) is 9.89. The van der Waals surface area contributed by atoms with Crippen molar-refractivity contribution in [3.63, 3.8) is 0 Å². The molecule has 194 valence electrons. The Kier molecular flexibility index (Phi) is 11.3. The van der Waals surface area contributed by atoms with Crippen LogP contribution in [0.1, 0.15) is 64.6 Å². The number of aromatic nitrogens is 1. The summed E-state index contributed by atoms with van der Waals surface area (Å²) in [5, 5.41) is 0. The zero-order valence-corrected chi connectivity index (χ0v) is 22.4. The maximum Gasteiger partial charge on any atom is 0.242 e. The lowest BCUT2D eigenvalue weighted by atomic mass is 10.0. The van der Waals surface area contributed by atoms with Gasteiger partial charge < -0.3 is 23.8 Å². The van der Waals surface area contributed by atoms with Crippen LogP contribution in [-0.4, -0.2) is 65.6 Å². The number of hydrogen-bond acceptors (Lipinski definition) is 4. The summed E-state index contributed by atoms with van der Waals surface area (Å²) < 4.78 is 12.7. The third-order valence-corrected chi connectivity index (χ3v) is 6.04. The third kappa shape index (κ3) is 9.06. The van der Waals surface area contributed by atoms with Crippen molar-refractivity contribution >= 4 is 11.8 Å². The van der Waals surface area contributed by atoms with Gasteiger partial charge >= 0.3 is 0 Å². The monoisotopic (exact) mass is 485 g/mol. The number of carbonyl (C=O) groups excluding carboxylic acids is 2. The van der Waals surface area contributed by atoms with Crippen LogP contribution in [0.2, 0.25) is 0 Å². The number of amides is 2. The Bertz CT molecular complexity index is 932. The highest BCUT2D eigenvalue weighted by molar-refractivity contribution is 5.85. The zero-order chi connectivity index (χ0) is 25.8. The Hall–Kier alpha value is -2.80. The van der Waals surface area contributed by atoms with Crippen molar-refractivity contribution in [2.24, 2.45) is 0 Å². The SMILES string of the molecule is CCCCC(=O)N(CCCOC)CC(=O)N(Cc1cccn1Cc1cccc(OC)c1)C(C)(C)C. The second kappa shape index (κ2) is 13.9. The molecular weight excluding hydrogens is 442 g/mol. The van der Waals surface area contributed by atoms with E-state index in [0.717, 1.165) is 29.8 Å². The minimum absolute atomic E-state index is 0.0339. The number of hydrogen-bond donors (Lipinski definition) is 0. The lowest BCUT2D eigenvalue weighted by molar-refractivity contribution is -0.144. The predicted molar refractivity (Wildman–Crippen MR) is 139 cm³/mol. The van der Waals surface area contributed by atoms with E-state index in [1.165, 1.54) is 0 Å². The molecule has 35 heavy (non-hydrogen) atoms. The fourth-order valence-corrected chi connectivity index (χ4v) is 4.00. The van der Waals surface area contributed by atoms with Gasteiger partial charge in [-0.25, -0.2) is 0 Å². The highest BCUT2D eigenvalue weighted by Crippen LogP contribution is 2.21. The second-order valence-corrected chi connectivity index (χ2v) is 9.89. The van der Waals surface area contributed by atoms with Crippen LogP contribution < -0.4 is 4.74 Å². The van der Waals surface area contributed by atoms with E-state index in [0.29, 0.717) is 39.1 Å². The van der Waals surface area contributed by atoms with Gasteiger partial charge in [0.2, 0.25) is 11.8 Å². The highest BCUT2D eigenvalue weighted by Gasteiger charge is 2.29. The Labute approximate surface area is 211 Å². The molecule has 7 nitrogen and oxygen atoms in total. The van der Waals surface area contributed by atoms with Crippen molar-refractivity contribution < 1.29 is 19.1 Å². The number of rotatable bonds is 14. The van der Waals surface area contributed by atoms with Crippen LogP contribution in [0.25, 0.3) is 0 Å². The quantitative estimate of drug-likeness (QED) is 0.363. The lowest BCUT2D eigenvalue weighted by Gasteiger charge is -2.37. The van der Waals surface area contributed by atoms with E-state index in [9.17, 15) is 9.59 Å². The van der Waals surface area contributed by atoms with Gasteiger partial charge in [-0.1, -0.05) is 25.5 Å². The number of methoxy groups -OCH3 is 2. The Morgan fingerprint density at radius 2 is 1.80 bits per heavy atom. The molecule has 0 atom stereocenters. The summed E-state index contributed by atoms with van der Waals surface area (Å²) in [5.74, 6) is 0.810. The van der Waals surface area contributed by atoms with Gasteiger partial charge in [0.1, 0.15) is 5.75 Å². The van der Waals surface area contributed by atoms with Crippen LogP contribution in [0.4, 0.5) is 0 Å². The van der Waals surface area contributed by atoms with Crippen molar-refractivity contribution in [1.29, 1.82) is 0 Å². The summed E-state index contributed by atoms with van der Waals surface area (Å²) in [6.45, 7) is 10.5. The zero-order valence-electron chi connectivity index (χ0n) is 22.4. The van der Waals surface area contributed by atoms with Crippen molar-refractivity contribution in [2.45, 2.75) is 72.0 Å². The molecule has 0 unspecified atom stereocenters. The van der Waals surface area contributed by atoms with Gasteiger partial charge in [0.05, 0.1) is 20.2 Å². The van der Waals surface area contributed by atoms with Gasteiger partial charge in [-0.05, 0) is 63.4 Å². The van der Waals surface area contributed by atoms with Crippen molar-refractivity contribution in [2.75, 3.05) is 33.9 Å². The Morgan fingerprint density at radius 1 is 1.03 bits per heavy atom. The standard InChI is InChI=1S/C28H43N3O4/c1-7-8-15-26(32)30(17-11-18-34-5)22-27(33)31(28(2,3)4)21-24-13-10-16-29(24)20-23-12-9-14-25(19-23)35-6/h9-10,12-14,16,19H,7-8,11,15,17-18,20-22H2,1-6H3. The number of benzene rings is 1. The van der Waals surface area contributed by atoms with E-state index in [1.807, 2.05) is 56.1 Å². The molecule has 0 aliphatic heterocycles. The molecule has 0 fully saturated rings. The number of nitrogens with zero attached hydrogens (tertiary/aromatic N) is 3. The number of carbonyl (C=O) groups is 2. The van der Waals surface area contributed by atoms with Crippen LogP contribution in [0.15, 0.2) is 42.6 Å². The van der Waals surface area contributed by atoms with Gasteiger partial charge in [-0.3, -0.25) is 9.59 Å². The van der Waals surface area contributed by atoms with Crippen LogP contribution >= 0.6 is 0 Å². The van der Waals surface area contributed by atoms with Crippen molar-refractivity contribution in [3.05, 3.63) is 53.9 Å². The molecule has 0 saturated carbocycles. The molecule has 0 N–H and O–H groups in total. The van der Waals surface area contributed by atoms with E-state index < -0.39 is 5.54 Å². The molecule has 2 amide bonds. The lowest BCUT2D eigenvalue weighted by Crippen LogP contribution is -2.50. The maximum atomic E-state index is 13.6. The van der Waals surface area contributed by atoms with Gasteiger partial charge in [0.25, 0.3) is 0 Å². The molecule has 0 aliphatic carbocycles. The minimum Gasteiger partial charge on any atom is -0.497 e. The van der Waals surface area contributed by atoms with Crippen LogP contribution in [-0.2, 0) is 27.4 Å². The average molecular weight is 486 g/mol. The fourth-order valence-electron chi connectivity index (χ4n) is 4.00. The first-order valence-corrected chi connectivity index (χ1v) is 12.5. The largest absolute Gasteiger partial charge is 0.497 e. The fraction of sp³-hybridized carbons (Fsp3) is 0.571. The summed E-state index contributed by atoms with van der Waals surface area (Å²) in [5.41, 5.74) is 1.77. The summed E-state index contributed by atoms with van der Waals surface area (Å²) in [7, 11) is 3.31. The summed E-state index contributed by atoms with van der Waals surface area (Å²) in [6, 6.07) is 12.1. The van der Waals surface area contributed by atoms with E-state index in [1.54, 1.807) is 19.1 Å². The van der Waals surface area contributed by atoms with E-state index in [4.69, 9.17) is 9.47 Å². The molecule has 1 aromatic heterocycles. The van der Waals surface area contributed by atoms with E-state index in [-0.39, 0.29) is 18.4 Å². The number of ether oxygens (including phenoxy) is 2. The highest BCUT2D eigenvalue weighted by atomic mass is 16.5. The Morgan fingerprint density at radius 3 is 2.46 bits per heavy atom. The smallest absolute Gasteiger partial charge is 0.242 e. The van der Waals surface area contributed by atoms with Crippen molar-refractivity contribution in [3.8, 4) is 5.75 Å². The molecule has 2 rings (SSSR count). The Balaban J connectivity index is 2.18. The summed E-state index contributed by atoms with van der Waals surface area (Å²) in [6.07, 6.45) is 4.99. The molecule has 0 aliphatic rings.